The minimum Gasteiger partial charge on any atom is -0.403 e. The third-order valence-electron chi connectivity index (χ3n) is 1.46. The number of carbonyl (C=O) groups is 1. The summed E-state index contributed by atoms with van der Waals surface area (Å²) in [5, 5.41) is 16.2. The molecule has 19 heavy (non-hydrogen) atoms. The lowest BCUT2D eigenvalue weighted by atomic mass is 10.5. The lowest BCUT2D eigenvalue weighted by Crippen LogP contribution is -2.03. The third-order valence-corrected chi connectivity index (χ3v) is 1.46. The lowest BCUT2D eigenvalue weighted by molar-refractivity contribution is 0.0650. The normalized spacial score (nSPS) is 10.3. The smallest absolute Gasteiger partial charge is 0.403 e. The molecule has 0 bridgehead atoms. The van der Waals surface area contributed by atoms with Crippen molar-refractivity contribution in [1.29, 1.82) is 0 Å². The number of rotatable bonds is 8. The predicted molar refractivity (Wildman–Crippen MR) is 71.4 cm³/mol. The highest BCUT2D eigenvalue weighted by Crippen LogP contribution is 1.90. The summed E-state index contributed by atoms with van der Waals surface area (Å²) >= 11 is 0. The molecule has 0 unspecified atom stereocenters. The van der Waals surface area contributed by atoms with E-state index in [-0.39, 0.29) is 13.2 Å². The van der Waals surface area contributed by atoms with Crippen LogP contribution < -0.4 is 0 Å². The second-order valence-corrected chi connectivity index (χ2v) is 3.11. The quantitative estimate of drug-likeness (QED) is 0.400. The Labute approximate surface area is 114 Å². The summed E-state index contributed by atoms with van der Waals surface area (Å²) in [5.41, 5.74) is 0. The van der Waals surface area contributed by atoms with Crippen LogP contribution in [-0.4, -0.2) is 42.8 Å². The van der Waals surface area contributed by atoms with Crippen LogP contribution in [0.25, 0.3) is 0 Å². The molecule has 0 amide bonds. The number of allylic oxidation sites excluding steroid dienone is 2. The van der Waals surface area contributed by atoms with Crippen molar-refractivity contribution in [2.45, 2.75) is 26.7 Å². The molecule has 0 aromatic heterocycles. The fourth-order valence-electron chi connectivity index (χ4n) is 0.659. The molecular weight excluding hydrogens is 252 g/mol. The van der Waals surface area contributed by atoms with Gasteiger partial charge in [0.2, 0.25) is 0 Å². The Kier molecular flexibility index (Phi) is 19.9. The van der Waals surface area contributed by atoms with E-state index in [0.29, 0.717) is 13.2 Å². The number of aliphatic hydroxyl groups is 2. The van der Waals surface area contributed by atoms with Gasteiger partial charge in [-0.1, -0.05) is 13.8 Å². The summed E-state index contributed by atoms with van der Waals surface area (Å²) < 4.78 is 13.7. The Morgan fingerprint density at radius 2 is 1.37 bits per heavy atom. The molecule has 0 aromatic carbocycles. The molecule has 0 fully saturated rings. The minimum atomic E-state index is -0.704. The number of carbonyl (C=O) groups excluding carboxylic acids is 1. The van der Waals surface area contributed by atoms with E-state index in [9.17, 15) is 4.79 Å². The van der Waals surface area contributed by atoms with Gasteiger partial charge in [0, 0.05) is 0 Å². The Morgan fingerprint density at radius 3 is 1.68 bits per heavy atom. The standard InChI is InChI=1S/C9H14O3.C4H10O3/c1-3-5-7-11-9(10)12-8-6-4-2;5-1-3-7-4-2-6/h5-8H,3-4H2,1-2H3;5-6H,1-4H2. The first-order valence-corrected chi connectivity index (χ1v) is 6.19. The molecule has 0 heterocycles. The predicted octanol–water partition coefficient (Wildman–Crippen LogP) is 1.97. The largest absolute Gasteiger partial charge is 0.518 e. The van der Waals surface area contributed by atoms with Crippen LogP contribution in [0.5, 0.6) is 0 Å². The van der Waals surface area contributed by atoms with Crippen LogP contribution >= 0.6 is 0 Å². The lowest BCUT2D eigenvalue weighted by Gasteiger charge is -1.94. The zero-order valence-electron chi connectivity index (χ0n) is 11.6. The molecule has 2 N–H and O–H groups in total. The summed E-state index contributed by atoms with van der Waals surface area (Å²) in [6, 6.07) is 0. The zero-order valence-corrected chi connectivity index (χ0v) is 11.6. The van der Waals surface area contributed by atoms with Crippen LogP contribution in [0, 0.1) is 0 Å². The van der Waals surface area contributed by atoms with Crippen molar-refractivity contribution in [3.8, 4) is 0 Å². The van der Waals surface area contributed by atoms with Gasteiger partial charge in [0.15, 0.2) is 0 Å². The third kappa shape index (κ3) is 22.3. The maximum Gasteiger partial charge on any atom is 0.518 e. The van der Waals surface area contributed by atoms with Gasteiger partial charge < -0.3 is 24.4 Å². The van der Waals surface area contributed by atoms with Crippen LogP contribution in [0.2, 0.25) is 0 Å². The second-order valence-electron chi connectivity index (χ2n) is 3.11. The summed E-state index contributed by atoms with van der Waals surface area (Å²) in [4.78, 5) is 10.6. The Hall–Kier alpha value is -1.37. The molecule has 0 aliphatic heterocycles. The van der Waals surface area contributed by atoms with Crippen molar-refractivity contribution in [2.24, 2.45) is 0 Å². The van der Waals surface area contributed by atoms with Gasteiger partial charge in [0.05, 0.1) is 39.0 Å². The topological polar surface area (TPSA) is 85.2 Å². The molecule has 0 radical (unpaired) electrons. The molecule has 112 valence electrons. The molecule has 0 spiro atoms. The van der Waals surface area contributed by atoms with Gasteiger partial charge in [-0.3, -0.25) is 0 Å². The SMILES string of the molecule is CCC=COC(=O)OC=CCC.OCCOCCO. The first-order valence-electron chi connectivity index (χ1n) is 6.19. The van der Waals surface area contributed by atoms with Crippen LogP contribution in [-0.2, 0) is 14.2 Å². The van der Waals surface area contributed by atoms with E-state index in [0.717, 1.165) is 12.8 Å². The van der Waals surface area contributed by atoms with Gasteiger partial charge in [0.25, 0.3) is 0 Å². The molecule has 0 rings (SSSR count). The molecular formula is C13H24O6. The average molecular weight is 276 g/mol. The summed E-state index contributed by atoms with van der Waals surface area (Å²) in [6.45, 7) is 4.59. The summed E-state index contributed by atoms with van der Waals surface area (Å²) in [6.07, 6.45) is 7.06. The van der Waals surface area contributed by atoms with Gasteiger partial charge in [-0.15, -0.1) is 0 Å². The molecule has 0 aromatic rings. The van der Waals surface area contributed by atoms with Crippen molar-refractivity contribution in [2.75, 3.05) is 26.4 Å². The molecule has 6 heteroatoms. The van der Waals surface area contributed by atoms with Gasteiger partial charge in [-0.2, -0.15) is 0 Å². The van der Waals surface area contributed by atoms with Gasteiger partial charge in [0.1, 0.15) is 0 Å². The van der Waals surface area contributed by atoms with E-state index in [1.165, 1.54) is 12.5 Å². The van der Waals surface area contributed by atoms with Crippen LogP contribution in [0.3, 0.4) is 0 Å². The van der Waals surface area contributed by atoms with Crippen molar-refractivity contribution < 1.29 is 29.2 Å². The molecule has 0 aliphatic rings. The monoisotopic (exact) mass is 276 g/mol. The highest BCUT2D eigenvalue weighted by atomic mass is 16.7. The fraction of sp³-hybridized carbons (Fsp3) is 0.615. The second kappa shape index (κ2) is 19.0. The Bertz CT molecular complexity index is 215. The van der Waals surface area contributed by atoms with E-state index in [2.05, 4.69) is 14.2 Å². The fourth-order valence-corrected chi connectivity index (χ4v) is 0.659. The van der Waals surface area contributed by atoms with Crippen molar-refractivity contribution in [3.05, 3.63) is 24.7 Å². The van der Waals surface area contributed by atoms with Crippen molar-refractivity contribution >= 4 is 6.16 Å². The summed E-state index contributed by atoms with van der Waals surface area (Å²) in [7, 11) is 0. The first kappa shape index (κ1) is 20.0. The summed E-state index contributed by atoms with van der Waals surface area (Å²) in [5.74, 6) is 0. The van der Waals surface area contributed by atoms with Crippen LogP contribution in [0.4, 0.5) is 4.79 Å². The van der Waals surface area contributed by atoms with E-state index < -0.39 is 6.16 Å². The number of aliphatic hydroxyl groups excluding tert-OH is 2. The highest BCUT2D eigenvalue weighted by molar-refractivity contribution is 5.61. The van der Waals surface area contributed by atoms with Gasteiger partial charge in [-0.25, -0.2) is 4.79 Å². The molecule has 0 saturated carbocycles. The first-order chi connectivity index (χ1) is 9.22. The van der Waals surface area contributed by atoms with E-state index in [1.807, 2.05) is 13.8 Å². The molecule has 6 nitrogen and oxygen atoms in total. The van der Waals surface area contributed by atoms with Gasteiger partial charge in [-0.05, 0) is 25.0 Å². The molecule has 0 atom stereocenters. The number of ether oxygens (including phenoxy) is 3. The van der Waals surface area contributed by atoms with E-state index in [1.54, 1.807) is 12.2 Å². The van der Waals surface area contributed by atoms with Crippen molar-refractivity contribution in [1.82, 2.24) is 0 Å². The van der Waals surface area contributed by atoms with E-state index >= 15 is 0 Å². The van der Waals surface area contributed by atoms with Gasteiger partial charge >= 0.3 is 6.16 Å². The highest BCUT2D eigenvalue weighted by Gasteiger charge is 1.95. The number of hydrogen-bond donors (Lipinski definition) is 2. The minimum absolute atomic E-state index is 0.0278. The van der Waals surface area contributed by atoms with Crippen LogP contribution in [0.15, 0.2) is 24.7 Å². The molecule has 0 aliphatic carbocycles. The Morgan fingerprint density at radius 1 is 0.947 bits per heavy atom. The van der Waals surface area contributed by atoms with Crippen molar-refractivity contribution in [3.63, 3.8) is 0 Å². The number of hydrogen-bond acceptors (Lipinski definition) is 6. The van der Waals surface area contributed by atoms with E-state index in [4.69, 9.17) is 10.2 Å². The Balaban J connectivity index is 0. The maximum atomic E-state index is 10.6. The average Bonchev–Trinajstić information content (AvgIpc) is 2.41. The van der Waals surface area contributed by atoms with Crippen LogP contribution in [0.1, 0.15) is 26.7 Å². The molecule has 0 saturated heterocycles. The zero-order chi connectivity index (χ0) is 14.8. The maximum absolute atomic E-state index is 10.6.